The zero-order valence-corrected chi connectivity index (χ0v) is 16.0. The predicted molar refractivity (Wildman–Crippen MR) is 111 cm³/mol. The lowest BCUT2D eigenvalue weighted by atomic mass is 9.98. The van der Waals surface area contributed by atoms with E-state index in [0.717, 1.165) is 5.56 Å². The van der Waals surface area contributed by atoms with Crippen LogP contribution in [0.2, 0.25) is 0 Å². The number of anilines is 1. The van der Waals surface area contributed by atoms with Crippen molar-refractivity contribution < 1.29 is 18.3 Å². The van der Waals surface area contributed by atoms with Gasteiger partial charge in [-0.15, -0.1) is 0 Å². The number of carbonyl (C=O) groups excluding carboxylic acids is 1. The Labute approximate surface area is 170 Å². The molecule has 1 aliphatic rings. The normalized spacial score (nSPS) is 15.5. The summed E-state index contributed by atoms with van der Waals surface area (Å²) in [5.74, 6) is -0.199. The number of carbonyl (C=O) groups is 1. The Bertz CT molecular complexity index is 1330. The molecule has 1 atom stereocenters. The van der Waals surface area contributed by atoms with Gasteiger partial charge in [0.05, 0.1) is 24.1 Å². The van der Waals surface area contributed by atoms with Crippen LogP contribution in [0.25, 0.3) is 11.0 Å². The minimum absolute atomic E-state index is 0.00356. The fourth-order valence-corrected chi connectivity index (χ4v) is 3.89. The summed E-state index contributed by atoms with van der Waals surface area (Å²) in [5, 5.41) is 0.406. The Morgan fingerprint density at radius 3 is 2.33 bits per heavy atom. The van der Waals surface area contributed by atoms with Crippen molar-refractivity contribution in [1.82, 2.24) is 0 Å². The van der Waals surface area contributed by atoms with Crippen molar-refractivity contribution in [2.75, 3.05) is 12.0 Å². The standard InChI is InChI=1S/C24H16FNO4/c1-29-17-12-6-14(7-13-17)21-20-22(27)18-4-2-3-5-19(18)30-23(20)24(28)26(21)16-10-8-15(25)9-11-16/h2-13,21H,1H3. The maximum absolute atomic E-state index is 13.5. The monoisotopic (exact) mass is 401 g/mol. The largest absolute Gasteiger partial charge is 0.497 e. The Balaban J connectivity index is 1.78. The third kappa shape index (κ3) is 2.69. The van der Waals surface area contributed by atoms with Crippen LogP contribution in [-0.2, 0) is 0 Å². The number of hydrogen-bond donors (Lipinski definition) is 0. The van der Waals surface area contributed by atoms with E-state index in [2.05, 4.69) is 0 Å². The molecule has 1 aliphatic heterocycles. The van der Waals surface area contributed by atoms with E-state index in [9.17, 15) is 14.0 Å². The van der Waals surface area contributed by atoms with E-state index >= 15 is 0 Å². The lowest BCUT2D eigenvalue weighted by Crippen LogP contribution is -2.29. The smallest absolute Gasteiger partial charge is 0.295 e. The van der Waals surface area contributed by atoms with Gasteiger partial charge >= 0.3 is 0 Å². The van der Waals surface area contributed by atoms with Crippen molar-refractivity contribution >= 4 is 22.6 Å². The molecule has 0 aliphatic carbocycles. The first-order valence-electron chi connectivity index (χ1n) is 9.37. The highest BCUT2D eigenvalue weighted by atomic mass is 19.1. The number of nitrogens with zero attached hydrogens (tertiary/aromatic N) is 1. The van der Waals surface area contributed by atoms with E-state index in [4.69, 9.17) is 9.15 Å². The van der Waals surface area contributed by atoms with Gasteiger partial charge in [-0.3, -0.25) is 14.5 Å². The van der Waals surface area contributed by atoms with E-state index in [-0.39, 0.29) is 16.8 Å². The minimum Gasteiger partial charge on any atom is -0.497 e. The zero-order valence-electron chi connectivity index (χ0n) is 16.0. The summed E-state index contributed by atoms with van der Waals surface area (Å²) in [7, 11) is 1.56. The average Bonchev–Trinajstić information content (AvgIpc) is 3.07. The second kappa shape index (κ2) is 6.84. The second-order valence-corrected chi connectivity index (χ2v) is 7.00. The number of benzene rings is 3. The van der Waals surface area contributed by atoms with E-state index in [1.165, 1.54) is 29.2 Å². The Morgan fingerprint density at radius 2 is 1.63 bits per heavy atom. The van der Waals surface area contributed by atoms with Crippen LogP contribution in [0.5, 0.6) is 5.75 Å². The van der Waals surface area contributed by atoms with E-state index in [1.807, 2.05) is 0 Å². The summed E-state index contributed by atoms with van der Waals surface area (Å²) in [4.78, 5) is 28.2. The Morgan fingerprint density at radius 1 is 0.933 bits per heavy atom. The highest BCUT2D eigenvalue weighted by molar-refractivity contribution is 6.10. The predicted octanol–water partition coefficient (Wildman–Crippen LogP) is 4.69. The molecule has 5 rings (SSSR count). The van der Waals surface area contributed by atoms with Gasteiger partial charge in [0.25, 0.3) is 5.91 Å². The maximum atomic E-state index is 13.5. The van der Waals surface area contributed by atoms with Crippen molar-refractivity contribution in [3.8, 4) is 5.75 Å². The molecule has 30 heavy (non-hydrogen) atoms. The van der Waals surface area contributed by atoms with Gasteiger partial charge in [-0.2, -0.15) is 0 Å². The van der Waals surface area contributed by atoms with Crippen LogP contribution in [-0.4, -0.2) is 13.0 Å². The van der Waals surface area contributed by atoms with Crippen LogP contribution < -0.4 is 15.1 Å². The number of methoxy groups -OCH3 is 1. The van der Waals surface area contributed by atoms with Crippen molar-refractivity contribution in [2.24, 2.45) is 0 Å². The van der Waals surface area contributed by atoms with Crippen molar-refractivity contribution in [3.63, 3.8) is 0 Å². The van der Waals surface area contributed by atoms with Crippen LogP contribution in [0.4, 0.5) is 10.1 Å². The molecular formula is C24H16FNO4. The average molecular weight is 401 g/mol. The molecule has 1 unspecified atom stereocenters. The van der Waals surface area contributed by atoms with Gasteiger partial charge in [0, 0.05) is 5.69 Å². The van der Waals surface area contributed by atoms with Crippen LogP contribution in [0.3, 0.4) is 0 Å². The van der Waals surface area contributed by atoms with Gasteiger partial charge in [0.15, 0.2) is 5.43 Å². The van der Waals surface area contributed by atoms with Crippen LogP contribution in [0, 0.1) is 5.82 Å². The molecule has 0 saturated heterocycles. The third-order valence-corrected chi connectivity index (χ3v) is 5.31. The van der Waals surface area contributed by atoms with E-state index in [1.54, 1.807) is 55.6 Å². The molecule has 148 valence electrons. The van der Waals surface area contributed by atoms with Gasteiger partial charge in [0.1, 0.15) is 17.1 Å². The number of ether oxygens (including phenoxy) is 1. The SMILES string of the molecule is COc1ccc(C2c3c(oc4ccccc4c3=O)C(=O)N2c2ccc(F)cc2)cc1. The number of amides is 1. The number of para-hydroxylation sites is 1. The van der Waals surface area contributed by atoms with E-state index in [0.29, 0.717) is 22.4 Å². The molecular weight excluding hydrogens is 385 g/mol. The lowest BCUT2D eigenvalue weighted by Gasteiger charge is -2.25. The molecule has 4 aromatic rings. The van der Waals surface area contributed by atoms with Crippen molar-refractivity contribution in [2.45, 2.75) is 6.04 Å². The minimum atomic E-state index is -0.704. The van der Waals surface area contributed by atoms with Gasteiger partial charge in [-0.25, -0.2) is 4.39 Å². The third-order valence-electron chi connectivity index (χ3n) is 5.31. The van der Waals surface area contributed by atoms with Crippen LogP contribution in [0.15, 0.2) is 82.0 Å². The molecule has 0 fully saturated rings. The molecule has 0 spiro atoms. The molecule has 0 N–H and O–H groups in total. The fourth-order valence-electron chi connectivity index (χ4n) is 3.89. The first-order valence-corrected chi connectivity index (χ1v) is 9.37. The summed E-state index contributed by atoms with van der Waals surface area (Å²) in [6.45, 7) is 0. The van der Waals surface area contributed by atoms with Crippen molar-refractivity contribution in [3.05, 3.63) is 106 Å². The van der Waals surface area contributed by atoms with Gasteiger partial charge in [-0.1, -0.05) is 24.3 Å². The lowest BCUT2D eigenvalue weighted by molar-refractivity contribution is 0.0971. The fraction of sp³-hybridized carbons (Fsp3) is 0.0833. The Kier molecular flexibility index (Phi) is 4.13. The van der Waals surface area contributed by atoms with Gasteiger partial charge < -0.3 is 9.15 Å². The van der Waals surface area contributed by atoms with Gasteiger partial charge in [-0.05, 0) is 54.1 Å². The molecule has 1 amide bonds. The number of rotatable bonds is 3. The quantitative estimate of drug-likeness (QED) is 0.500. The van der Waals surface area contributed by atoms with Gasteiger partial charge in [0.2, 0.25) is 5.76 Å². The van der Waals surface area contributed by atoms with Crippen LogP contribution in [0.1, 0.15) is 27.7 Å². The first kappa shape index (κ1) is 18.1. The summed E-state index contributed by atoms with van der Waals surface area (Å²) in [6, 6.07) is 18.9. The molecule has 2 heterocycles. The topological polar surface area (TPSA) is 59.8 Å². The summed E-state index contributed by atoms with van der Waals surface area (Å²) in [6.07, 6.45) is 0. The Hall–Kier alpha value is -3.93. The second-order valence-electron chi connectivity index (χ2n) is 7.00. The van der Waals surface area contributed by atoms with Crippen molar-refractivity contribution in [1.29, 1.82) is 0 Å². The first-order chi connectivity index (χ1) is 14.6. The summed E-state index contributed by atoms with van der Waals surface area (Å²) < 4.78 is 24.6. The zero-order chi connectivity index (χ0) is 20.8. The van der Waals surface area contributed by atoms with Crippen LogP contribution >= 0.6 is 0 Å². The number of hydrogen-bond acceptors (Lipinski definition) is 4. The molecule has 1 aromatic heterocycles. The molecule has 0 bridgehead atoms. The molecule has 0 radical (unpaired) electrons. The molecule has 6 heteroatoms. The van der Waals surface area contributed by atoms with E-state index < -0.39 is 17.8 Å². The summed E-state index contributed by atoms with van der Waals surface area (Å²) in [5.41, 5.74) is 1.55. The number of halogens is 1. The number of fused-ring (bicyclic) bond motifs is 2. The molecule has 3 aromatic carbocycles. The highest BCUT2D eigenvalue weighted by Crippen LogP contribution is 2.41. The molecule has 0 saturated carbocycles. The molecule has 5 nitrogen and oxygen atoms in total. The maximum Gasteiger partial charge on any atom is 0.295 e. The summed E-state index contributed by atoms with van der Waals surface area (Å²) >= 11 is 0. The highest BCUT2D eigenvalue weighted by Gasteiger charge is 2.43.